The minimum Gasteiger partial charge on any atom is -0.455 e. The van der Waals surface area contributed by atoms with Crippen molar-refractivity contribution in [1.29, 1.82) is 0 Å². The summed E-state index contributed by atoms with van der Waals surface area (Å²) in [5.74, 6) is 1.30. The molecule has 2 rings (SSSR count). The molecule has 0 unspecified atom stereocenters. The Kier molecular flexibility index (Phi) is 3.31. The van der Waals surface area contributed by atoms with E-state index in [9.17, 15) is 0 Å². The Bertz CT molecular complexity index is 488. The quantitative estimate of drug-likeness (QED) is 0.382. The van der Waals surface area contributed by atoms with Gasteiger partial charge in [-0.1, -0.05) is 17.3 Å². The molecule has 0 aliphatic carbocycles. The third-order valence-corrected chi connectivity index (χ3v) is 2.93. The summed E-state index contributed by atoms with van der Waals surface area (Å²) in [4.78, 5) is 1.22. The first-order valence-electron chi connectivity index (χ1n) is 4.75. The molecular weight excluding hydrogens is 222 g/mol. The van der Waals surface area contributed by atoms with Crippen LogP contribution in [0.25, 0.3) is 11.3 Å². The summed E-state index contributed by atoms with van der Waals surface area (Å²) in [7, 11) is 0. The van der Waals surface area contributed by atoms with Crippen molar-refractivity contribution in [2.45, 2.75) is 4.90 Å². The maximum absolute atomic E-state index is 8.37. The van der Waals surface area contributed by atoms with Crippen LogP contribution in [0.1, 0.15) is 5.76 Å². The van der Waals surface area contributed by atoms with Crippen molar-refractivity contribution in [2.75, 3.05) is 6.26 Å². The Morgan fingerprint density at radius 1 is 1.19 bits per heavy atom. The van der Waals surface area contributed by atoms with E-state index in [1.807, 2.05) is 36.6 Å². The first-order chi connectivity index (χ1) is 7.83. The summed E-state index contributed by atoms with van der Waals surface area (Å²) in [5.41, 5.74) is 1.01. The maximum Gasteiger partial charge on any atom is 0.149 e. The predicted molar refractivity (Wildman–Crippen MR) is 65.3 cm³/mol. The van der Waals surface area contributed by atoms with Crippen molar-refractivity contribution in [2.24, 2.45) is 5.16 Å². The standard InChI is InChI=1S/C12H11NO2S/c1-16-11-5-2-9(3-6-11)12-7-4-10(15-12)8-13-14/h2-8,14H,1H3/b13-8+. The van der Waals surface area contributed by atoms with Crippen LogP contribution in [0.5, 0.6) is 0 Å². The van der Waals surface area contributed by atoms with Gasteiger partial charge in [-0.15, -0.1) is 11.8 Å². The van der Waals surface area contributed by atoms with Crippen LogP contribution in [0.2, 0.25) is 0 Å². The molecule has 0 radical (unpaired) electrons. The normalized spacial score (nSPS) is 11.1. The van der Waals surface area contributed by atoms with Crippen LogP contribution in [0.15, 0.2) is 50.9 Å². The fourth-order valence-electron chi connectivity index (χ4n) is 1.39. The van der Waals surface area contributed by atoms with Gasteiger partial charge in [0.15, 0.2) is 0 Å². The van der Waals surface area contributed by atoms with Crippen molar-refractivity contribution < 1.29 is 9.62 Å². The lowest BCUT2D eigenvalue weighted by atomic mass is 10.2. The molecule has 3 nitrogen and oxygen atoms in total. The third-order valence-electron chi connectivity index (χ3n) is 2.19. The SMILES string of the molecule is CSc1ccc(-c2ccc(/C=N/O)o2)cc1. The second kappa shape index (κ2) is 4.90. The Morgan fingerprint density at radius 3 is 2.56 bits per heavy atom. The van der Waals surface area contributed by atoms with Crippen molar-refractivity contribution in [1.82, 2.24) is 0 Å². The average Bonchev–Trinajstić information content (AvgIpc) is 2.78. The molecule has 1 heterocycles. The zero-order valence-electron chi connectivity index (χ0n) is 8.75. The molecule has 0 fully saturated rings. The second-order valence-electron chi connectivity index (χ2n) is 3.18. The molecular formula is C12H11NO2S. The molecule has 4 heteroatoms. The number of rotatable bonds is 3. The Balaban J connectivity index is 2.27. The van der Waals surface area contributed by atoms with Crippen molar-refractivity contribution >= 4 is 18.0 Å². The van der Waals surface area contributed by atoms with Gasteiger partial charge >= 0.3 is 0 Å². The molecule has 0 aliphatic heterocycles. The van der Waals surface area contributed by atoms with Gasteiger partial charge in [0.1, 0.15) is 17.7 Å². The van der Waals surface area contributed by atoms with Crippen molar-refractivity contribution in [3.63, 3.8) is 0 Å². The van der Waals surface area contributed by atoms with Crippen LogP contribution in [0, 0.1) is 0 Å². The number of benzene rings is 1. The zero-order chi connectivity index (χ0) is 11.4. The topological polar surface area (TPSA) is 45.7 Å². The molecule has 1 N–H and O–H groups in total. The second-order valence-corrected chi connectivity index (χ2v) is 4.05. The maximum atomic E-state index is 8.37. The number of hydrogen-bond donors (Lipinski definition) is 1. The van der Waals surface area contributed by atoms with Crippen molar-refractivity contribution in [3.05, 3.63) is 42.2 Å². The van der Waals surface area contributed by atoms with Gasteiger partial charge in [0.05, 0.1) is 0 Å². The van der Waals surface area contributed by atoms with E-state index in [4.69, 9.17) is 9.62 Å². The molecule has 2 aromatic rings. The van der Waals surface area contributed by atoms with Crippen LogP contribution in [-0.2, 0) is 0 Å². The summed E-state index contributed by atoms with van der Waals surface area (Å²) >= 11 is 1.70. The lowest BCUT2D eigenvalue weighted by Crippen LogP contribution is -1.75. The van der Waals surface area contributed by atoms with E-state index in [0.29, 0.717) is 5.76 Å². The Hall–Kier alpha value is -1.68. The number of hydrogen-bond acceptors (Lipinski definition) is 4. The van der Waals surface area contributed by atoms with Crippen LogP contribution in [0.3, 0.4) is 0 Å². The Morgan fingerprint density at radius 2 is 1.94 bits per heavy atom. The van der Waals surface area contributed by atoms with Crippen molar-refractivity contribution in [3.8, 4) is 11.3 Å². The van der Waals surface area contributed by atoms with Crippen LogP contribution in [-0.4, -0.2) is 17.7 Å². The summed E-state index contributed by atoms with van der Waals surface area (Å²) < 4.78 is 5.47. The number of oxime groups is 1. The van der Waals surface area contributed by atoms with Gasteiger partial charge < -0.3 is 9.62 Å². The number of thioether (sulfide) groups is 1. The fraction of sp³-hybridized carbons (Fsp3) is 0.0833. The number of furan rings is 1. The molecule has 0 amide bonds. The minimum absolute atomic E-state index is 0.534. The molecule has 82 valence electrons. The van der Waals surface area contributed by atoms with Gasteiger partial charge in [0, 0.05) is 10.5 Å². The van der Waals surface area contributed by atoms with E-state index < -0.39 is 0 Å². The number of nitrogens with zero attached hydrogens (tertiary/aromatic N) is 1. The average molecular weight is 233 g/mol. The highest BCUT2D eigenvalue weighted by molar-refractivity contribution is 7.98. The highest BCUT2D eigenvalue weighted by atomic mass is 32.2. The first-order valence-corrected chi connectivity index (χ1v) is 5.97. The highest BCUT2D eigenvalue weighted by Gasteiger charge is 2.03. The highest BCUT2D eigenvalue weighted by Crippen LogP contribution is 2.24. The minimum atomic E-state index is 0.534. The molecule has 0 atom stereocenters. The van der Waals surface area contributed by atoms with Crippen LogP contribution >= 0.6 is 11.8 Å². The molecule has 0 saturated carbocycles. The van der Waals surface area contributed by atoms with E-state index in [1.165, 1.54) is 11.1 Å². The molecule has 1 aromatic carbocycles. The zero-order valence-corrected chi connectivity index (χ0v) is 9.57. The van der Waals surface area contributed by atoms with E-state index in [0.717, 1.165) is 11.3 Å². The molecule has 0 saturated heterocycles. The van der Waals surface area contributed by atoms with Crippen LogP contribution < -0.4 is 0 Å². The largest absolute Gasteiger partial charge is 0.455 e. The van der Waals surface area contributed by atoms with E-state index >= 15 is 0 Å². The van der Waals surface area contributed by atoms with Gasteiger partial charge in [-0.05, 0) is 30.5 Å². The molecule has 0 bridgehead atoms. The molecule has 1 aromatic heterocycles. The lowest BCUT2D eigenvalue weighted by molar-refractivity contribution is 0.321. The first kappa shape index (κ1) is 10.8. The van der Waals surface area contributed by atoms with E-state index in [1.54, 1.807) is 17.8 Å². The molecule has 0 spiro atoms. The molecule has 0 aliphatic rings. The van der Waals surface area contributed by atoms with Gasteiger partial charge in [-0.2, -0.15) is 0 Å². The van der Waals surface area contributed by atoms with E-state index in [-0.39, 0.29) is 0 Å². The van der Waals surface area contributed by atoms with Gasteiger partial charge in [0.25, 0.3) is 0 Å². The van der Waals surface area contributed by atoms with Gasteiger partial charge in [0.2, 0.25) is 0 Å². The van der Waals surface area contributed by atoms with Gasteiger partial charge in [-0.3, -0.25) is 0 Å². The lowest BCUT2D eigenvalue weighted by Gasteiger charge is -1.98. The molecule has 16 heavy (non-hydrogen) atoms. The Labute approximate surface area is 97.8 Å². The predicted octanol–water partition coefficient (Wildman–Crippen LogP) is 3.48. The van der Waals surface area contributed by atoms with Gasteiger partial charge in [-0.25, -0.2) is 0 Å². The monoisotopic (exact) mass is 233 g/mol. The fourth-order valence-corrected chi connectivity index (χ4v) is 1.80. The third kappa shape index (κ3) is 2.28. The summed E-state index contributed by atoms with van der Waals surface area (Å²) in [5, 5.41) is 11.3. The summed E-state index contributed by atoms with van der Waals surface area (Å²) in [6, 6.07) is 11.7. The summed E-state index contributed by atoms with van der Waals surface area (Å²) in [6.07, 6.45) is 3.30. The van der Waals surface area contributed by atoms with E-state index in [2.05, 4.69) is 5.16 Å². The van der Waals surface area contributed by atoms with Crippen LogP contribution in [0.4, 0.5) is 0 Å². The summed E-state index contributed by atoms with van der Waals surface area (Å²) in [6.45, 7) is 0. The smallest absolute Gasteiger partial charge is 0.149 e.